The first-order chi connectivity index (χ1) is 15.3. The summed E-state index contributed by atoms with van der Waals surface area (Å²) in [5.74, 6) is -0.0993. The Kier molecular flexibility index (Phi) is 6.50. The number of anilines is 1. The molecule has 1 N–H and O–H groups in total. The maximum Gasteiger partial charge on any atom is 0.266 e. The molecule has 0 aliphatic heterocycles. The predicted octanol–water partition coefficient (Wildman–Crippen LogP) is 5.44. The quantitative estimate of drug-likeness (QED) is 0.301. The van der Waals surface area contributed by atoms with Gasteiger partial charge in [-0.1, -0.05) is 59.2 Å². The molecule has 1 amide bonds. The van der Waals surface area contributed by atoms with Crippen LogP contribution in [0.4, 0.5) is 5.82 Å². The van der Waals surface area contributed by atoms with Crippen molar-refractivity contribution < 1.29 is 4.79 Å². The molecule has 0 spiro atoms. The number of benzene rings is 2. The number of amides is 1. The van der Waals surface area contributed by atoms with Gasteiger partial charge in [-0.2, -0.15) is 0 Å². The summed E-state index contributed by atoms with van der Waals surface area (Å²) in [7, 11) is 0. The van der Waals surface area contributed by atoms with Gasteiger partial charge in [0, 0.05) is 6.20 Å². The molecule has 0 bridgehead atoms. The van der Waals surface area contributed by atoms with Crippen LogP contribution in [-0.2, 0) is 4.79 Å². The van der Waals surface area contributed by atoms with Crippen molar-refractivity contribution in [2.45, 2.75) is 19.0 Å². The third-order valence-electron chi connectivity index (χ3n) is 4.96. The highest BCUT2D eigenvalue weighted by atomic mass is 35.5. The normalized spacial score (nSPS) is 11.0. The Bertz CT molecular complexity index is 1400. The summed E-state index contributed by atoms with van der Waals surface area (Å²) >= 11 is 13.1. The van der Waals surface area contributed by atoms with Crippen molar-refractivity contribution in [2.75, 3.05) is 11.1 Å². The second-order valence-electron chi connectivity index (χ2n) is 7.09. The molecule has 0 unspecified atom stereocenters. The van der Waals surface area contributed by atoms with Gasteiger partial charge < -0.3 is 5.32 Å². The molecule has 0 saturated carbocycles. The largest absolute Gasteiger partial charge is 0.309 e. The molecular weight excluding hydrogens is 467 g/mol. The first-order valence-corrected chi connectivity index (χ1v) is 11.4. The Hall–Kier alpha value is -2.87. The van der Waals surface area contributed by atoms with Crippen LogP contribution in [-0.4, -0.2) is 26.2 Å². The first-order valence-electron chi connectivity index (χ1n) is 9.67. The highest BCUT2D eigenvalue weighted by Crippen LogP contribution is 2.26. The lowest BCUT2D eigenvalue weighted by Gasteiger charge is -2.16. The smallest absolute Gasteiger partial charge is 0.266 e. The van der Waals surface area contributed by atoms with E-state index in [0.29, 0.717) is 21.1 Å². The summed E-state index contributed by atoms with van der Waals surface area (Å²) in [5, 5.41) is 4.22. The Morgan fingerprint density at radius 3 is 2.69 bits per heavy atom. The van der Waals surface area contributed by atoms with E-state index in [1.807, 2.05) is 44.2 Å². The maximum atomic E-state index is 13.4. The third kappa shape index (κ3) is 4.50. The molecule has 0 radical (unpaired) electrons. The van der Waals surface area contributed by atoms with E-state index in [1.165, 1.54) is 12.3 Å². The number of halogens is 2. The summed E-state index contributed by atoms with van der Waals surface area (Å²) in [6.07, 6.45) is 1.40. The number of aryl methyl sites for hydroxylation is 1. The van der Waals surface area contributed by atoms with E-state index in [9.17, 15) is 9.59 Å². The molecule has 2 aromatic carbocycles. The molecule has 0 fully saturated rings. The number of pyridine rings is 1. The summed E-state index contributed by atoms with van der Waals surface area (Å²) in [6, 6.07) is 14.4. The lowest BCUT2D eigenvalue weighted by Crippen LogP contribution is -2.23. The molecule has 0 aliphatic carbocycles. The van der Waals surface area contributed by atoms with Crippen LogP contribution in [0.1, 0.15) is 11.1 Å². The van der Waals surface area contributed by atoms with E-state index >= 15 is 0 Å². The van der Waals surface area contributed by atoms with Gasteiger partial charge in [0.05, 0.1) is 32.4 Å². The minimum absolute atomic E-state index is 0.0102. The monoisotopic (exact) mass is 484 g/mol. The van der Waals surface area contributed by atoms with E-state index in [0.717, 1.165) is 28.6 Å². The van der Waals surface area contributed by atoms with E-state index in [1.54, 1.807) is 16.7 Å². The Balaban J connectivity index is 1.70. The maximum absolute atomic E-state index is 13.4. The summed E-state index contributed by atoms with van der Waals surface area (Å²) in [6.45, 7) is 3.95. The van der Waals surface area contributed by atoms with Crippen molar-refractivity contribution in [3.63, 3.8) is 0 Å². The highest BCUT2D eigenvalue weighted by Gasteiger charge is 2.17. The van der Waals surface area contributed by atoms with Crippen LogP contribution in [0.3, 0.4) is 0 Å². The number of para-hydroxylation sites is 1. The number of nitrogens with one attached hydrogen (secondary N) is 1. The number of nitrogens with zero attached hydrogens (tertiary/aromatic N) is 3. The van der Waals surface area contributed by atoms with Gasteiger partial charge in [-0.25, -0.2) is 9.97 Å². The van der Waals surface area contributed by atoms with Crippen molar-refractivity contribution in [1.82, 2.24) is 14.5 Å². The van der Waals surface area contributed by atoms with Gasteiger partial charge in [-0.05, 0) is 49.2 Å². The number of carbonyl (C=O) groups excluding carboxylic acids is 1. The molecule has 6 nitrogen and oxygen atoms in total. The topological polar surface area (TPSA) is 76.9 Å². The zero-order valence-corrected chi connectivity index (χ0v) is 19.6. The van der Waals surface area contributed by atoms with Gasteiger partial charge in [-0.15, -0.1) is 0 Å². The van der Waals surface area contributed by atoms with Gasteiger partial charge in [0.2, 0.25) is 5.91 Å². The molecule has 4 rings (SSSR count). The minimum atomic E-state index is -0.332. The second kappa shape index (κ2) is 9.32. The van der Waals surface area contributed by atoms with Crippen molar-refractivity contribution in [3.05, 3.63) is 86.3 Å². The van der Waals surface area contributed by atoms with Gasteiger partial charge in [0.25, 0.3) is 5.56 Å². The van der Waals surface area contributed by atoms with Crippen LogP contribution in [0.15, 0.2) is 64.7 Å². The van der Waals surface area contributed by atoms with Gasteiger partial charge in [-0.3, -0.25) is 14.2 Å². The molecule has 0 saturated heterocycles. The summed E-state index contributed by atoms with van der Waals surface area (Å²) in [4.78, 5) is 34.7. The fraction of sp³-hybridized carbons (Fsp3) is 0.130. The highest BCUT2D eigenvalue weighted by molar-refractivity contribution is 7.99. The molecule has 0 aliphatic rings. The average Bonchev–Trinajstić information content (AvgIpc) is 2.77. The number of hydrogen-bond acceptors (Lipinski definition) is 5. The standard InChI is InChI=1S/C23H18Cl2N4O2S/c1-13-6-5-9-19(14(13)2)29-22(31)16-7-3-4-8-18(16)27-23(29)32-12-20(30)28-21-17(25)10-15(24)11-26-21/h3-11H,12H2,1-2H3,(H,26,28,30). The molecular formula is C23H18Cl2N4O2S. The minimum Gasteiger partial charge on any atom is -0.309 e. The summed E-state index contributed by atoms with van der Waals surface area (Å²) < 4.78 is 1.57. The van der Waals surface area contributed by atoms with Crippen LogP contribution in [0.2, 0.25) is 10.0 Å². The van der Waals surface area contributed by atoms with Gasteiger partial charge in [0.15, 0.2) is 11.0 Å². The van der Waals surface area contributed by atoms with Crippen molar-refractivity contribution >= 4 is 57.6 Å². The SMILES string of the molecule is Cc1cccc(-n2c(SCC(=O)Nc3ncc(Cl)cc3Cl)nc3ccccc3c2=O)c1C. The van der Waals surface area contributed by atoms with Crippen LogP contribution in [0.25, 0.3) is 16.6 Å². The van der Waals surface area contributed by atoms with Crippen LogP contribution in [0, 0.1) is 13.8 Å². The zero-order valence-electron chi connectivity index (χ0n) is 17.2. The fourth-order valence-corrected chi connectivity index (χ4v) is 4.44. The van der Waals surface area contributed by atoms with Crippen LogP contribution < -0.4 is 10.9 Å². The van der Waals surface area contributed by atoms with Crippen LogP contribution in [0.5, 0.6) is 0 Å². The fourth-order valence-electron chi connectivity index (χ4n) is 3.20. The molecule has 2 heterocycles. The summed E-state index contributed by atoms with van der Waals surface area (Å²) in [5.41, 5.74) is 3.15. The molecule has 0 atom stereocenters. The van der Waals surface area contributed by atoms with Crippen molar-refractivity contribution in [2.24, 2.45) is 0 Å². The van der Waals surface area contributed by atoms with E-state index in [4.69, 9.17) is 23.2 Å². The Morgan fingerprint density at radius 1 is 1.12 bits per heavy atom. The van der Waals surface area contributed by atoms with Crippen molar-refractivity contribution in [1.29, 1.82) is 0 Å². The zero-order chi connectivity index (χ0) is 22.8. The third-order valence-corrected chi connectivity index (χ3v) is 6.39. The predicted molar refractivity (Wildman–Crippen MR) is 130 cm³/mol. The molecule has 2 aromatic heterocycles. The lowest BCUT2D eigenvalue weighted by atomic mass is 10.1. The van der Waals surface area contributed by atoms with E-state index in [2.05, 4.69) is 15.3 Å². The average molecular weight is 485 g/mol. The van der Waals surface area contributed by atoms with E-state index in [-0.39, 0.29) is 28.1 Å². The molecule has 32 heavy (non-hydrogen) atoms. The van der Waals surface area contributed by atoms with Crippen LogP contribution >= 0.6 is 35.0 Å². The molecule has 162 valence electrons. The Morgan fingerprint density at radius 2 is 1.91 bits per heavy atom. The van der Waals surface area contributed by atoms with Gasteiger partial charge in [0.1, 0.15) is 0 Å². The number of aromatic nitrogens is 3. The number of carbonyl (C=O) groups is 1. The lowest BCUT2D eigenvalue weighted by molar-refractivity contribution is -0.113. The number of rotatable bonds is 5. The van der Waals surface area contributed by atoms with E-state index < -0.39 is 0 Å². The first kappa shape index (κ1) is 22.3. The number of fused-ring (bicyclic) bond motifs is 1. The Labute approximate surface area is 198 Å². The second-order valence-corrected chi connectivity index (χ2v) is 8.88. The van der Waals surface area contributed by atoms with Crippen molar-refractivity contribution in [3.8, 4) is 5.69 Å². The molecule has 9 heteroatoms. The number of hydrogen-bond donors (Lipinski definition) is 1. The van der Waals surface area contributed by atoms with Gasteiger partial charge >= 0.3 is 0 Å². The molecule has 4 aromatic rings. The number of thioether (sulfide) groups is 1.